The van der Waals surface area contributed by atoms with Gasteiger partial charge in [0.25, 0.3) is 0 Å². The summed E-state index contributed by atoms with van der Waals surface area (Å²) in [6, 6.07) is 17.8. The lowest BCUT2D eigenvalue weighted by molar-refractivity contribution is 0.247. The summed E-state index contributed by atoms with van der Waals surface area (Å²) in [6.45, 7) is 2.07. The average molecular weight is 279 g/mol. The second-order valence-corrected chi connectivity index (χ2v) is 5.54. The molecule has 0 spiro atoms. The van der Waals surface area contributed by atoms with E-state index in [0.29, 0.717) is 0 Å². The van der Waals surface area contributed by atoms with Crippen molar-refractivity contribution in [3.63, 3.8) is 0 Å². The zero-order chi connectivity index (χ0) is 12.8. The predicted octanol–water partition coefficient (Wildman–Crippen LogP) is 4.90. The van der Waals surface area contributed by atoms with Crippen molar-refractivity contribution < 1.29 is 4.74 Å². The molecule has 0 N–H and O–H groups in total. The van der Waals surface area contributed by atoms with Crippen LogP contribution in [0.1, 0.15) is 6.92 Å². The molecule has 0 aliphatic carbocycles. The van der Waals surface area contributed by atoms with Gasteiger partial charge in [-0.1, -0.05) is 29.8 Å². The van der Waals surface area contributed by atoms with Gasteiger partial charge in [-0.2, -0.15) is 0 Å². The maximum Gasteiger partial charge on any atom is 0.119 e. The minimum atomic E-state index is 0.163. The number of halogens is 1. The number of hydrogen-bond acceptors (Lipinski definition) is 2. The molecule has 0 saturated heterocycles. The molecule has 0 aliphatic heterocycles. The van der Waals surface area contributed by atoms with E-state index in [-0.39, 0.29) is 6.10 Å². The van der Waals surface area contributed by atoms with Crippen LogP contribution in [0.3, 0.4) is 0 Å². The molecule has 2 rings (SSSR count). The molecule has 2 aromatic rings. The van der Waals surface area contributed by atoms with Gasteiger partial charge >= 0.3 is 0 Å². The number of rotatable bonds is 5. The van der Waals surface area contributed by atoms with Crippen LogP contribution in [0.2, 0.25) is 5.02 Å². The molecular formula is C15H15ClOS. The van der Waals surface area contributed by atoms with Crippen LogP contribution >= 0.6 is 23.4 Å². The molecule has 0 saturated carbocycles. The lowest BCUT2D eigenvalue weighted by Crippen LogP contribution is -2.14. The monoisotopic (exact) mass is 278 g/mol. The van der Waals surface area contributed by atoms with Gasteiger partial charge in [0.1, 0.15) is 11.9 Å². The number of ether oxygens (including phenoxy) is 1. The maximum absolute atomic E-state index is 5.83. The minimum absolute atomic E-state index is 0.163. The van der Waals surface area contributed by atoms with Crippen LogP contribution in [0.15, 0.2) is 59.5 Å². The molecule has 0 aliphatic rings. The molecule has 94 valence electrons. The summed E-state index contributed by atoms with van der Waals surface area (Å²) in [6.07, 6.45) is 0.163. The molecule has 2 aromatic carbocycles. The molecule has 0 heterocycles. The van der Waals surface area contributed by atoms with E-state index in [1.165, 1.54) is 4.90 Å². The third-order valence-electron chi connectivity index (χ3n) is 2.38. The van der Waals surface area contributed by atoms with Crippen molar-refractivity contribution in [1.82, 2.24) is 0 Å². The highest BCUT2D eigenvalue weighted by atomic mass is 35.5. The average Bonchev–Trinajstić information content (AvgIpc) is 2.40. The van der Waals surface area contributed by atoms with Crippen molar-refractivity contribution in [2.75, 3.05) is 5.75 Å². The van der Waals surface area contributed by atoms with Gasteiger partial charge in [0.05, 0.1) is 0 Å². The van der Waals surface area contributed by atoms with Crippen LogP contribution < -0.4 is 4.74 Å². The Morgan fingerprint density at radius 1 is 1.06 bits per heavy atom. The van der Waals surface area contributed by atoms with Crippen molar-refractivity contribution in [2.45, 2.75) is 17.9 Å². The Hall–Kier alpha value is -1.12. The van der Waals surface area contributed by atoms with Crippen LogP contribution in [0, 0.1) is 0 Å². The molecule has 1 nitrogen and oxygen atoms in total. The van der Waals surface area contributed by atoms with Gasteiger partial charge in [0.15, 0.2) is 0 Å². The molecule has 3 heteroatoms. The van der Waals surface area contributed by atoms with Crippen LogP contribution in [-0.2, 0) is 0 Å². The smallest absolute Gasteiger partial charge is 0.119 e. The van der Waals surface area contributed by atoms with E-state index >= 15 is 0 Å². The molecule has 18 heavy (non-hydrogen) atoms. The lowest BCUT2D eigenvalue weighted by atomic mass is 10.3. The summed E-state index contributed by atoms with van der Waals surface area (Å²) >= 11 is 7.63. The van der Waals surface area contributed by atoms with Crippen LogP contribution in [-0.4, -0.2) is 11.9 Å². The zero-order valence-corrected chi connectivity index (χ0v) is 11.7. The molecule has 0 fully saturated rings. The van der Waals surface area contributed by atoms with E-state index < -0.39 is 0 Å². The Bertz CT molecular complexity index is 470. The van der Waals surface area contributed by atoms with Crippen LogP contribution in [0.25, 0.3) is 0 Å². The van der Waals surface area contributed by atoms with Gasteiger partial charge in [0, 0.05) is 15.7 Å². The maximum atomic E-state index is 5.83. The van der Waals surface area contributed by atoms with Gasteiger partial charge in [-0.15, -0.1) is 11.8 Å². The van der Waals surface area contributed by atoms with Crippen LogP contribution in [0.4, 0.5) is 0 Å². The van der Waals surface area contributed by atoms with E-state index in [4.69, 9.17) is 16.3 Å². The second-order valence-electron chi connectivity index (χ2n) is 4.01. The number of benzene rings is 2. The zero-order valence-electron chi connectivity index (χ0n) is 10.2. The second kappa shape index (κ2) is 6.72. The van der Waals surface area contributed by atoms with Crippen molar-refractivity contribution in [3.05, 3.63) is 59.6 Å². The predicted molar refractivity (Wildman–Crippen MR) is 78.7 cm³/mol. The highest BCUT2D eigenvalue weighted by Crippen LogP contribution is 2.21. The SMILES string of the molecule is CC(CSc1ccccc1)Oc1ccc(Cl)cc1. The first kappa shape index (κ1) is 13.3. The normalized spacial score (nSPS) is 12.1. The summed E-state index contributed by atoms with van der Waals surface area (Å²) in [5, 5.41) is 0.730. The lowest BCUT2D eigenvalue weighted by Gasteiger charge is -2.14. The molecule has 0 bridgehead atoms. The van der Waals surface area contributed by atoms with Gasteiger partial charge in [-0.05, 0) is 43.3 Å². The third-order valence-corrected chi connectivity index (χ3v) is 3.87. The summed E-state index contributed by atoms with van der Waals surface area (Å²) in [4.78, 5) is 1.27. The first-order valence-electron chi connectivity index (χ1n) is 5.84. The standard InChI is InChI=1S/C15H15ClOS/c1-12(11-18-15-5-3-2-4-6-15)17-14-9-7-13(16)8-10-14/h2-10,12H,11H2,1H3. The van der Waals surface area contributed by atoms with Gasteiger partial charge < -0.3 is 4.74 Å². The molecule has 1 unspecified atom stereocenters. The fourth-order valence-electron chi connectivity index (χ4n) is 1.51. The largest absolute Gasteiger partial charge is 0.490 e. The van der Waals surface area contributed by atoms with E-state index in [1.807, 2.05) is 42.5 Å². The molecule has 1 atom stereocenters. The van der Waals surface area contributed by atoms with Crippen molar-refractivity contribution in [2.24, 2.45) is 0 Å². The van der Waals surface area contributed by atoms with Crippen molar-refractivity contribution in [3.8, 4) is 5.75 Å². The Morgan fingerprint density at radius 2 is 1.72 bits per heavy atom. The fraction of sp³-hybridized carbons (Fsp3) is 0.200. The Labute approximate surface area is 117 Å². The van der Waals surface area contributed by atoms with Crippen molar-refractivity contribution >= 4 is 23.4 Å². The summed E-state index contributed by atoms with van der Waals surface area (Å²) in [5.74, 6) is 1.78. The summed E-state index contributed by atoms with van der Waals surface area (Å²) < 4.78 is 5.81. The third kappa shape index (κ3) is 4.28. The Morgan fingerprint density at radius 3 is 2.39 bits per heavy atom. The van der Waals surface area contributed by atoms with E-state index in [0.717, 1.165) is 16.5 Å². The Balaban J connectivity index is 1.82. The van der Waals surface area contributed by atoms with Crippen molar-refractivity contribution in [1.29, 1.82) is 0 Å². The fourth-order valence-corrected chi connectivity index (χ4v) is 2.48. The Kier molecular flexibility index (Phi) is 4.97. The van der Waals surface area contributed by atoms with Gasteiger partial charge in [-0.3, -0.25) is 0 Å². The molecule has 0 amide bonds. The van der Waals surface area contributed by atoms with E-state index in [9.17, 15) is 0 Å². The van der Waals surface area contributed by atoms with E-state index in [2.05, 4.69) is 19.1 Å². The summed E-state index contributed by atoms with van der Waals surface area (Å²) in [7, 11) is 0. The van der Waals surface area contributed by atoms with Gasteiger partial charge in [0.2, 0.25) is 0 Å². The quantitative estimate of drug-likeness (QED) is 0.720. The minimum Gasteiger partial charge on any atom is -0.490 e. The first-order chi connectivity index (χ1) is 8.74. The topological polar surface area (TPSA) is 9.23 Å². The first-order valence-corrected chi connectivity index (χ1v) is 7.20. The summed E-state index contributed by atoms with van der Waals surface area (Å²) in [5.41, 5.74) is 0. The highest BCUT2D eigenvalue weighted by Gasteiger charge is 2.05. The number of hydrogen-bond donors (Lipinski definition) is 0. The van der Waals surface area contributed by atoms with E-state index in [1.54, 1.807) is 11.8 Å². The molecule has 0 radical (unpaired) electrons. The highest BCUT2D eigenvalue weighted by molar-refractivity contribution is 7.99. The molecular weight excluding hydrogens is 264 g/mol. The van der Waals surface area contributed by atoms with Gasteiger partial charge in [-0.25, -0.2) is 0 Å². The van der Waals surface area contributed by atoms with Crippen LogP contribution in [0.5, 0.6) is 5.75 Å². The number of thioether (sulfide) groups is 1. The molecule has 0 aromatic heterocycles.